The lowest BCUT2D eigenvalue weighted by Crippen LogP contribution is -2.19. The van der Waals surface area contributed by atoms with Crippen molar-refractivity contribution in [3.05, 3.63) is 59.2 Å². The van der Waals surface area contributed by atoms with Crippen LogP contribution in [-0.4, -0.2) is 25.5 Å². The standard InChI is InChI=1S/C20H19N3O4/c1-3-27-17-9-8-13(11-18(17)26-2)10-14(12-21)20(25)23-16-7-5-4-6-15(16)19(22)24/h4-11H,3H2,1-2H3,(H2,22,24)(H,23,25)/b14-10+. The number of anilines is 1. The maximum atomic E-state index is 12.4. The average molecular weight is 365 g/mol. The van der Waals surface area contributed by atoms with E-state index in [0.717, 1.165) is 0 Å². The Morgan fingerprint density at radius 2 is 1.96 bits per heavy atom. The van der Waals surface area contributed by atoms with Gasteiger partial charge in [0.25, 0.3) is 11.8 Å². The smallest absolute Gasteiger partial charge is 0.266 e. The molecule has 0 saturated heterocycles. The van der Waals surface area contributed by atoms with Crippen molar-refractivity contribution in [2.75, 3.05) is 19.0 Å². The summed E-state index contributed by atoms with van der Waals surface area (Å²) in [6.07, 6.45) is 1.42. The van der Waals surface area contributed by atoms with Gasteiger partial charge in [-0.05, 0) is 42.8 Å². The molecule has 0 fully saturated rings. The number of methoxy groups -OCH3 is 1. The highest BCUT2D eigenvalue weighted by molar-refractivity contribution is 6.12. The minimum atomic E-state index is -0.676. The highest BCUT2D eigenvalue weighted by Crippen LogP contribution is 2.29. The van der Waals surface area contributed by atoms with Crippen molar-refractivity contribution >= 4 is 23.6 Å². The Labute approximate surface area is 157 Å². The Morgan fingerprint density at radius 1 is 1.22 bits per heavy atom. The number of carbonyl (C=O) groups excluding carboxylic acids is 2. The summed E-state index contributed by atoms with van der Waals surface area (Å²) < 4.78 is 10.7. The van der Waals surface area contributed by atoms with Gasteiger partial charge in [0, 0.05) is 0 Å². The summed E-state index contributed by atoms with van der Waals surface area (Å²) in [5.74, 6) is -0.276. The second-order valence-electron chi connectivity index (χ2n) is 5.38. The van der Waals surface area contributed by atoms with Crippen LogP contribution in [0.1, 0.15) is 22.8 Å². The quantitative estimate of drug-likeness (QED) is 0.578. The van der Waals surface area contributed by atoms with E-state index in [1.54, 1.807) is 30.3 Å². The molecule has 27 heavy (non-hydrogen) atoms. The summed E-state index contributed by atoms with van der Waals surface area (Å²) in [5, 5.41) is 11.9. The number of benzene rings is 2. The molecule has 0 spiro atoms. The molecule has 2 rings (SSSR count). The summed E-state index contributed by atoms with van der Waals surface area (Å²) in [6, 6.07) is 13.2. The Balaban J connectivity index is 2.30. The van der Waals surface area contributed by atoms with Crippen LogP contribution in [0.3, 0.4) is 0 Å². The SMILES string of the molecule is CCOc1ccc(/C=C(\C#N)C(=O)Nc2ccccc2C(N)=O)cc1OC. The van der Waals surface area contributed by atoms with Gasteiger partial charge in [0.1, 0.15) is 11.6 Å². The minimum Gasteiger partial charge on any atom is -0.493 e. The van der Waals surface area contributed by atoms with Gasteiger partial charge in [-0.15, -0.1) is 0 Å². The normalized spacial score (nSPS) is 10.6. The van der Waals surface area contributed by atoms with Crippen LogP contribution in [-0.2, 0) is 4.79 Å². The third kappa shape index (κ3) is 4.86. The molecule has 0 aliphatic rings. The van der Waals surface area contributed by atoms with Gasteiger partial charge in [0.15, 0.2) is 11.5 Å². The molecule has 0 aliphatic heterocycles. The van der Waals surface area contributed by atoms with E-state index in [1.165, 1.54) is 25.3 Å². The van der Waals surface area contributed by atoms with E-state index < -0.39 is 11.8 Å². The van der Waals surface area contributed by atoms with Gasteiger partial charge < -0.3 is 20.5 Å². The lowest BCUT2D eigenvalue weighted by molar-refractivity contribution is -0.112. The van der Waals surface area contributed by atoms with Crippen molar-refractivity contribution in [1.29, 1.82) is 5.26 Å². The van der Waals surface area contributed by atoms with Gasteiger partial charge in [0.2, 0.25) is 0 Å². The van der Waals surface area contributed by atoms with Crippen molar-refractivity contribution in [2.24, 2.45) is 5.73 Å². The molecule has 0 radical (unpaired) electrons. The summed E-state index contributed by atoms with van der Waals surface area (Å²) in [6.45, 7) is 2.34. The second kappa shape index (κ2) is 9.06. The third-order valence-electron chi connectivity index (χ3n) is 3.60. The summed E-state index contributed by atoms with van der Waals surface area (Å²) in [5.41, 5.74) is 6.14. The molecular weight excluding hydrogens is 346 g/mol. The fraction of sp³-hybridized carbons (Fsp3) is 0.150. The summed E-state index contributed by atoms with van der Waals surface area (Å²) in [7, 11) is 1.50. The first-order chi connectivity index (χ1) is 13.0. The summed E-state index contributed by atoms with van der Waals surface area (Å²) in [4.78, 5) is 23.9. The lowest BCUT2D eigenvalue weighted by atomic mass is 10.1. The molecule has 0 aromatic heterocycles. The molecule has 7 nitrogen and oxygen atoms in total. The van der Waals surface area contributed by atoms with Crippen LogP contribution >= 0.6 is 0 Å². The number of nitrogens with one attached hydrogen (secondary N) is 1. The van der Waals surface area contributed by atoms with E-state index in [-0.39, 0.29) is 16.8 Å². The number of hydrogen-bond acceptors (Lipinski definition) is 5. The first-order valence-electron chi connectivity index (χ1n) is 8.13. The van der Waals surface area contributed by atoms with E-state index in [4.69, 9.17) is 15.2 Å². The van der Waals surface area contributed by atoms with Gasteiger partial charge in [-0.25, -0.2) is 0 Å². The monoisotopic (exact) mass is 365 g/mol. The molecule has 0 bridgehead atoms. The van der Waals surface area contributed by atoms with Crippen molar-refractivity contribution < 1.29 is 19.1 Å². The first kappa shape index (κ1) is 19.5. The van der Waals surface area contributed by atoms with E-state index in [2.05, 4.69) is 5.32 Å². The second-order valence-corrected chi connectivity index (χ2v) is 5.38. The predicted molar refractivity (Wildman–Crippen MR) is 101 cm³/mol. The number of nitrogens with two attached hydrogens (primary N) is 1. The molecule has 138 valence electrons. The van der Waals surface area contributed by atoms with E-state index in [1.807, 2.05) is 13.0 Å². The first-order valence-corrected chi connectivity index (χ1v) is 8.13. The van der Waals surface area contributed by atoms with Gasteiger partial charge in [0.05, 0.1) is 25.0 Å². The van der Waals surface area contributed by atoms with E-state index in [0.29, 0.717) is 23.7 Å². The van der Waals surface area contributed by atoms with Gasteiger partial charge in [-0.2, -0.15) is 5.26 Å². The lowest BCUT2D eigenvalue weighted by Gasteiger charge is -2.10. The summed E-state index contributed by atoms with van der Waals surface area (Å²) >= 11 is 0. The zero-order chi connectivity index (χ0) is 19.8. The fourth-order valence-electron chi connectivity index (χ4n) is 2.36. The number of nitrogens with zero attached hydrogens (tertiary/aromatic N) is 1. The molecular formula is C20H19N3O4. The number of hydrogen-bond donors (Lipinski definition) is 2. The van der Waals surface area contributed by atoms with Crippen LogP contribution in [0.5, 0.6) is 11.5 Å². The Bertz CT molecular complexity index is 929. The van der Waals surface area contributed by atoms with Crippen molar-refractivity contribution in [3.8, 4) is 17.6 Å². The van der Waals surface area contributed by atoms with Crippen LogP contribution in [0, 0.1) is 11.3 Å². The third-order valence-corrected chi connectivity index (χ3v) is 3.60. The number of carbonyl (C=O) groups is 2. The molecule has 0 atom stereocenters. The Morgan fingerprint density at radius 3 is 2.59 bits per heavy atom. The number of nitriles is 1. The van der Waals surface area contributed by atoms with Gasteiger partial charge in [-0.3, -0.25) is 9.59 Å². The fourth-order valence-corrected chi connectivity index (χ4v) is 2.36. The molecule has 0 heterocycles. The van der Waals surface area contributed by atoms with Crippen LogP contribution in [0.15, 0.2) is 48.0 Å². The molecule has 7 heteroatoms. The number of rotatable bonds is 7. The minimum absolute atomic E-state index is 0.138. The van der Waals surface area contributed by atoms with Gasteiger partial charge >= 0.3 is 0 Å². The molecule has 2 amide bonds. The van der Waals surface area contributed by atoms with Gasteiger partial charge in [-0.1, -0.05) is 18.2 Å². The molecule has 0 aliphatic carbocycles. The maximum Gasteiger partial charge on any atom is 0.266 e. The van der Waals surface area contributed by atoms with E-state index in [9.17, 15) is 14.9 Å². The Kier molecular flexibility index (Phi) is 6.55. The van der Waals surface area contributed by atoms with Crippen LogP contribution in [0.4, 0.5) is 5.69 Å². The highest BCUT2D eigenvalue weighted by Gasteiger charge is 2.14. The van der Waals surface area contributed by atoms with Crippen LogP contribution in [0.25, 0.3) is 6.08 Å². The maximum absolute atomic E-state index is 12.4. The van der Waals surface area contributed by atoms with Crippen LogP contribution < -0.4 is 20.5 Å². The van der Waals surface area contributed by atoms with Crippen molar-refractivity contribution in [1.82, 2.24) is 0 Å². The highest BCUT2D eigenvalue weighted by atomic mass is 16.5. The topological polar surface area (TPSA) is 114 Å². The number of primary amides is 1. The number of para-hydroxylation sites is 1. The Hall–Kier alpha value is -3.79. The molecule has 0 unspecified atom stereocenters. The van der Waals surface area contributed by atoms with Crippen molar-refractivity contribution in [2.45, 2.75) is 6.92 Å². The zero-order valence-electron chi connectivity index (χ0n) is 15.0. The van der Waals surface area contributed by atoms with Crippen molar-refractivity contribution in [3.63, 3.8) is 0 Å². The molecule has 0 saturated carbocycles. The molecule has 3 N–H and O–H groups in total. The average Bonchev–Trinajstić information content (AvgIpc) is 2.67. The van der Waals surface area contributed by atoms with Crippen LogP contribution in [0.2, 0.25) is 0 Å². The largest absolute Gasteiger partial charge is 0.493 e. The number of ether oxygens (including phenoxy) is 2. The zero-order valence-corrected chi connectivity index (χ0v) is 15.0. The number of amides is 2. The predicted octanol–water partition coefficient (Wildman–Crippen LogP) is 2.74. The van der Waals surface area contributed by atoms with E-state index >= 15 is 0 Å². The molecule has 2 aromatic rings. The molecule has 2 aromatic carbocycles.